The smallest absolute Gasteiger partial charge is 0.0416 e. The van der Waals surface area contributed by atoms with E-state index < -0.39 is 0 Å². The molecule has 2 aromatic heterocycles. The van der Waals surface area contributed by atoms with Crippen LogP contribution in [0.15, 0.2) is 36.5 Å². The minimum atomic E-state index is 0.725. The van der Waals surface area contributed by atoms with Crippen LogP contribution in [0.3, 0.4) is 0 Å². The van der Waals surface area contributed by atoms with Crippen LogP contribution in [0.5, 0.6) is 0 Å². The first-order valence-corrected chi connectivity index (χ1v) is 9.40. The molecule has 3 heterocycles. The summed E-state index contributed by atoms with van der Waals surface area (Å²) in [6.07, 6.45) is 5.52. The molecule has 0 amide bonds. The fourth-order valence-corrected chi connectivity index (χ4v) is 4.30. The first-order valence-electron chi connectivity index (χ1n) is 8.58. The predicted octanol–water partition coefficient (Wildman–Crippen LogP) is 3.59. The van der Waals surface area contributed by atoms with Crippen molar-refractivity contribution in [1.29, 1.82) is 0 Å². The van der Waals surface area contributed by atoms with E-state index in [1.807, 2.05) is 23.6 Å². The summed E-state index contributed by atoms with van der Waals surface area (Å²) in [5, 5.41) is 0. The van der Waals surface area contributed by atoms with E-state index in [1.54, 1.807) is 0 Å². The van der Waals surface area contributed by atoms with Crippen molar-refractivity contribution in [3.05, 3.63) is 52.0 Å². The first kappa shape index (κ1) is 16.6. The Morgan fingerprint density at radius 3 is 2.70 bits per heavy atom. The molecule has 0 unspecified atom stereocenters. The summed E-state index contributed by atoms with van der Waals surface area (Å²) in [5.41, 5.74) is 1.21. The van der Waals surface area contributed by atoms with Crippen LogP contribution in [-0.2, 0) is 13.0 Å². The van der Waals surface area contributed by atoms with Crippen LogP contribution in [-0.4, -0.2) is 47.5 Å². The molecule has 0 atom stereocenters. The SMILES string of the molecule is Cc1ccc(CN(C)C2CCN(CCc3ccccn3)CC2)s1. The fraction of sp³-hybridized carbons (Fsp3) is 0.526. The number of pyridine rings is 1. The number of piperidine rings is 1. The largest absolute Gasteiger partial charge is 0.303 e. The van der Waals surface area contributed by atoms with Gasteiger partial charge in [-0.3, -0.25) is 9.88 Å². The van der Waals surface area contributed by atoms with E-state index in [4.69, 9.17) is 0 Å². The van der Waals surface area contributed by atoms with E-state index in [1.165, 1.54) is 41.4 Å². The molecule has 1 saturated heterocycles. The third kappa shape index (κ3) is 4.87. The Bertz CT molecular complexity index is 588. The van der Waals surface area contributed by atoms with Crippen LogP contribution in [0.25, 0.3) is 0 Å². The molecule has 1 aliphatic heterocycles. The number of rotatable bonds is 6. The second-order valence-corrected chi connectivity index (χ2v) is 7.94. The van der Waals surface area contributed by atoms with Gasteiger partial charge in [0.2, 0.25) is 0 Å². The van der Waals surface area contributed by atoms with Gasteiger partial charge in [-0.2, -0.15) is 0 Å². The molecule has 0 N–H and O–H groups in total. The zero-order chi connectivity index (χ0) is 16.1. The number of thiophene rings is 1. The lowest BCUT2D eigenvalue weighted by molar-refractivity contribution is 0.124. The van der Waals surface area contributed by atoms with Crippen LogP contribution in [0, 0.1) is 6.92 Å². The topological polar surface area (TPSA) is 19.4 Å². The standard InChI is InChI=1S/C19H27N3S/c1-16-6-7-19(23-16)15-21(2)18-9-13-22(14-10-18)12-8-17-5-3-4-11-20-17/h3-7,11,18H,8-10,12-15H2,1-2H3. The van der Waals surface area contributed by atoms with Crippen LogP contribution >= 0.6 is 11.3 Å². The van der Waals surface area contributed by atoms with E-state index in [9.17, 15) is 0 Å². The molecule has 4 heteroatoms. The van der Waals surface area contributed by atoms with Gasteiger partial charge in [0, 0.05) is 47.2 Å². The second kappa shape index (κ2) is 8.04. The first-order chi connectivity index (χ1) is 11.2. The van der Waals surface area contributed by atoms with Crippen molar-refractivity contribution in [2.24, 2.45) is 0 Å². The molecule has 0 bridgehead atoms. The van der Waals surface area contributed by atoms with Crippen molar-refractivity contribution in [1.82, 2.24) is 14.8 Å². The summed E-state index contributed by atoms with van der Waals surface area (Å²) < 4.78 is 0. The maximum Gasteiger partial charge on any atom is 0.0416 e. The third-order valence-corrected chi connectivity index (χ3v) is 5.78. The number of aromatic nitrogens is 1. The second-order valence-electron chi connectivity index (χ2n) is 6.57. The van der Waals surface area contributed by atoms with Gasteiger partial charge < -0.3 is 4.90 Å². The van der Waals surface area contributed by atoms with Gasteiger partial charge in [0.15, 0.2) is 0 Å². The predicted molar refractivity (Wildman–Crippen MR) is 97.9 cm³/mol. The Morgan fingerprint density at radius 1 is 1.22 bits per heavy atom. The maximum atomic E-state index is 4.42. The molecular formula is C19H27N3S. The molecule has 0 spiro atoms. The van der Waals surface area contributed by atoms with Gasteiger partial charge in [-0.25, -0.2) is 0 Å². The number of aryl methyl sites for hydroxylation is 1. The Kier molecular flexibility index (Phi) is 5.81. The maximum absolute atomic E-state index is 4.42. The molecule has 0 saturated carbocycles. The summed E-state index contributed by atoms with van der Waals surface area (Å²) >= 11 is 1.93. The monoisotopic (exact) mass is 329 g/mol. The summed E-state index contributed by atoms with van der Waals surface area (Å²) in [6, 6.07) is 11.4. The quantitative estimate of drug-likeness (QED) is 0.807. The van der Waals surface area contributed by atoms with Crippen LogP contribution in [0.4, 0.5) is 0 Å². The Labute approximate surface area is 144 Å². The Morgan fingerprint density at radius 2 is 2.04 bits per heavy atom. The zero-order valence-electron chi connectivity index (χ0n) is 14.2. The fourth-order valence-electron chi connectivity index (χ4n) is 3.35. The lowest BCUT2D eigenvalue weighted by Crippen LogP contribution is -2.43. The van der Waals surface area contributed by atoms with Gasteiger partial charge in [0.05, 0.1) is 0 Å². The Hall–Kier alpha value is -1.23. The van der Waals surface area contributed by atoms with E-state index in [2.05, 4.69) is 53.0 Å². The van der Waals surface area contributed by atoms with E-state index >= 15 is 0 Å². The van der Waals surface area contributed by atoms with Gasteiger partial charge in [-0.15, -0.1) is 11.3 Å². The lowest BCUT2D eigenvalue weighted by atomic mass is 10.0. The number of likely N-dealkylation sites (tertiary alicyclic amines) is 1. The number of hydrogen-bond donors (Lipinski definition) is 0. The molecule has 3 rings (SSSR count). The molecule has 0 aromatic carbocycles. The van der Waals surface area contributed by atoms with Gasteiger partial charge in [0.25, 0.3) is 0 Å². The van der Waals surface area contributed by atoms with Crippen LogP contribution < -0.4 is 0 Å². The summed E-state index contributed by atoms with van der Waals surface area (Å²) in [5.74, 6) is 0. The average molecular weight is 330 g/mol. The van der Waals surface area contributed by atoms with Gasteiger partial charge in [-0.1, -0.05) is 6.07 Å². The molecule has 3 nitrogen and oxygen atoms in total. The average Bonchev–Trinajstić information content (AvgIpc) is 2.99. The number of nitrogens with zero attached hydrogens (tertiary/aromatic N) is 3. The van der Waals surface area contributed by atoms with Crippen molar-refractivity contribution in [3.63, 3.8) is 0 Å². The highest BCUT2D eigenvalue weighted by atomic mass is 32.1. The highest BCUT2D eigenvalue weighted by Gasteiger charge is 2.22. The molecule has 124 valence electrons. The summed E-state index contributed by atoms with van der Waals surface area (Å²) in [7, 11) is 2.28. The molecule has 2 aromatic rings. The number of hydrogen-bond acceptors (Lipinski definition) is 4. The van der Waals surface area contributed by atoms with Gasteiger partial charge >= 0.3 is 0 Å². The van der Waals surface area contributed by atoms with Gasteiger partial charge in [0.1, 0.15) is 0 Å². The molecule has 23 heavy (non-hydrogen) atoms. The van der Waals surface area contributed by atoms with Crippen molar-refractivity contribution in [2.75, 3.05) is 26.7 Å². The van der Waals surface area contributed by atoms with E-state index in [0.29, 0.717) is 0 Å². The van der Waals surface area contributed by atoms with Gasteiger partial charge in [-0.05, 0) is 64.2 Å². The molecular weight excluding hydrogens is 302 g/mol. The normalized spacial score (nSPS) is 17.0. The summed E-state index contributed by atoms with van der Waals surface area (Å²) in [4.78, 5) is 12.5. The minimum Gasteiger partial charge on any atom is -0.303 e. The van der Waals surface area contributed by atoms with Crippen molar-refractivity contribution < 1.29 is 0 Å². The van der Waals surface area contributed by atoms with Crippen molar-refractivity contribution in [2.45, 2.75) is 38.8 Å². The van der Waals surface area contributed by atoms with E-state index in [0.717, 1.165) is 25.6 Å². The molecule has 1 fully saturated rings. The molecule has 0 radical (unpaired) electrons. The molecule has 0 aliphatic carbocycles. The molecule has 1 aliphatic rings. The summed E-state index contributed by atoms with van der Waals surface area (Å²) in [6.45, 7) is 6.85. The third-order valence-electron chi connectivity index (χ3n) is 4.79. The minimum absolute atomic E-state index is 0.725. The highest BCUT2D eigenvalue weighted by molar-refractivity contribution is 7.11. The van der Waals surface area contributed by atoms with Crippen LogP contribution in [0.1, 0.15) is 28.3 Å². The zero-order valence-corrected chi connectivity index (χ0v) is 15.1. The van der Waals surface area contributed by atoms with Crippen molar-refractivity contribution in [3.8, 4) is 0 Å². The highest BCUT2D eigenvalue weighted by Crippen LogP contribution is 2.21. The van der Waals surface area contributed by atoms with Crippen LogP contribution in [0.2, 0.25) is 0 Å². The van der Waals surface area contributed by atoms with E-state index in [-0.39, 0.29) is 0 Å². The van der Waals surface area contributed by atoms with Crippen molar-refractivity contribution >= 4 is 11.3 Å². The Balaban J connectivity index is 1.41. The lowest BCUT2D eigenvalue weighted by Gasteiger charge is -2.36.